The molecule has 3 aromatic heterocycles. The first-order valence-corrected chi connectivity index (χ1v) is 11.4. The van der Waals surface area contributed by atoms with Gasteiger partial charge in [0.05, 0.1) is 18.9 Å². The van der Waals surface area contributed by atoms with Crippen molar-refractivity contribution in [2.75, 3.05) is 7.11 Å². The van der Waals surface area contributed by atoms with E-state index in [1.807, 2.05) is 33.8 Å². The SMILES string of the molecule is COc1cncc(-c2c([C@H](OC(C)(C)C)C(=O)O)c(C)nc3sc4c(c23)CCCC4)c1. The molecule has 1 aliphatic carbocycles. The summed E-state index contributed by atoms with van der Waals surface area (Å²) in [6.45, 7) is 7.46. The van der Waals surface area contributed by atoms with Gasteiger partial charge in [0.2, 0.25) is 0 Å². The van der Waals surface area contributed by atoms with Gasteiger partial charge in [-0.3, -0.25) is 4.98 Å². The zero-order chi connectivity index (χ0) is 22.3. The quantitative estimate of drug-likeness (QED) is 0.565. The van der Waals surface area contributed by atoms with Crippen LogP contribution in [0.3, 0.4) is 0 Å². The molecule has 3 aromatic rings. The van der Waals surface area contributed by atoms with Crippen molar-refractivity contribution in [2.45, 2.75) is 65.1 Å². The van der Waals surface area contributed by atoms with Gasteiger partial charge in [-0.2, -0.15) is 0 Å². The Balaban J connectivity index is 2.09. The van der Waals surface area contributed by atoms with Crippen LogP contribution in [-0.2, 0) is 22.4 Å². The number of carboxylic acids is 1. The van der Waals surface area contributed by atoms with Crippen LogP contribution in [-0.4, -0.2) is 33.8 Å². The largest absolute Gasteiger partial charge is 0.495 e. The lowest BCUT2D eigenvalue weighted by atomic mass is 9.88. The van der Waals surface area contributed by atoms with Gasteiger partial charge in [0, 0.05) is 38.8 Å². The number of ether oxygens (including phenoxy) is 2. The molecular formula is C24H28N2O4S. The molecule has 1 atom stereocenters. The molecule has 0 radical (unpaired) electrons. The summed E-state index contributed by atoms with van der Waals surface area (Å²) in [6, 6.07) is 1.91. The predicted molar refractivity (Wildman–Crippen MR) is 122 cm³/mol. The van der Waals surface area contributed by atoms with Crippen LogP contribution in [0.25, 0.3) is 21.3 Å². The van der Waals surface area contributed by atoms with Crippen LogP contribution in [0.2, 0.25) is 0 Å². The Morgan fingerprint density at radius 3 is 2.65 bits per heavy atom. The van der Waals surface area contributed by atoms with E-state index in [1.165, 1.54) is 16.9 Å². The normalized spacial score (nSPS) is 15.0. The third kappa shape index (κ3) is 4.16. The second-order valence-corrected chi connectivity index (χ2v) is 10.0. The van der Waals surface area contributed by atoms with Gasteiger partial charge in [0.25, 0.3) is 0 Å². The zero-order valence-corrected chi connectivity index (χ0v) is 19.4. The molecule has 0 bridgehead atoms. The van der Waals surface area contributed by atoms with Gasteiger partial charge >= 0.3 is 5.97 Å². The van der Waals surface area contributed by atoms with E-state index in [0.29, 0.717) is 17.0 Å². The number of thiophene rings is 1. The number of aryl methyl sites for hydroxylation is 3. The van der Waals surface area contributed by atoms with Gasteiger partial charge in [-0.15, -0.1) is 11.3 Å². The smallest absolute Gasteiger partial charge is 0.337 e. The summed E-state index contributed by atoms with van der Waals surface area (Å²) in [5.41, 5.74) is 3.58. The molecule has 0 saturated heterocycles. The van der Waals surface area contributed by atoms with Gasteiger partial charge in [0.15, 0.2) is 6.10 Å². The topological polar surface area (TPSA) is 81.5 Å². The van der Waals surface area contributed by atoms with Gasteiger partial charge in [-0.05, 0) is 65.0 Å². The summed E-state index contributed by atoms with van der Waals surface area (Å²) in [5.74, 6) is -0.404. The Morgan fingerprint density at radius 1 is 1.23 bits per heavy atom. The van der Waals surface area contributed by atoms with Crippen molar-refractivity contribution in [3.05, 3.63) is 40.2 Å². The number of fused-ring (bicyclic) bond motifs is 3. The van der Waals surface area contributed by atoms with Crippen LogP contribution in [0, 0.1) is 6.92 Å². The van der Waals surface area contributed by atoms with E-state index >= 15 is 0 Å². The summed E-state index contributed by atoms with van der Waals surface area (Å²) in [4.78, 5) is 23.9. The molecule has 7 heteroatoms. The molecule has 4 rings (SSSR count). The molecule has 0 spiro atoms. The molecule has 6 nitrogen and oxygen atoms in total. The van der Waals surface area contributed by atoms with Crippen LogP contribution in [0.5, 0.6) is 5.75 Å². The maximum atomic E-state index is 12.4. The number of carboxylic acid groups (broad SMARTS) is 1. The van der Waals surface area contributed by atoms with Crippen molar-refractivity contribution >= 4 is 27.5 Å². The first-order valence-electron chi connectivity index (χ1n) is 10.5. The Morgan fingerprint density at radius 2 is 1.97 bits per heavy atom. The van der Waals surface area contributed by atoms with Crippen LogP contribution in [0.4, 0.5) is 0 Å². The minimum atomic E-state index is -1.14. The van der Waals surface area contributed by atoms with Crippen LogP contribution < -0.4 is 4.74 Å². The molecule has 1 aliphatic rings. The average molecular weight is 441 g/mol. The molecular weight excluding hydrogens is 412 g/mol. The molecule has 164 valence electrons. The van der Waals surface area contributed by atoms with Gasteiger partial charge < -0.3 is 14.6 Å². The van der Waals surface area contributed by atoms with E-state index < -0.39 is 17.7 Å². The summed E-state index contributed by atoms with van der Waals surface area (Å²) in [5, 5.41) is 11.2. The number of aromatic nitrogens is 2. The first kappa shape index (κ1) is 21.7. The predicted octanol–water partition coefficient (Wildman–Crippen LogP) is 5.49. The fourth-order valence-corrected chi connectivity index (χ4v) is 5.61. The molecule has 31 heavy (non-hydrogen) atoms. The highest BCUT2D eigenvalue weighted by atomic mass is 32.1. The second-order valence-electron chi connectivity index (χ2n) is 8.94. The molecule has 0 amide bonds. The standard InChI is InChI=1S/C24H28N2O4S/c1-13-18(21(23(27)28)30-24(2,3)4)19(14-10-15(29-5)12-25-11-14)20-16-8-6-7-9-17(16)31-22(20)26-13/h10-12,21H,6-9H2,1-5H3,(H,27,28)/t21-/m0/s1. The number of methoxy groups -OCH3 is 1. The third-order valence-corrected chi connectivity index (χ3v) is 6.71. The number of hydrogen-bond donors (Lipinski definition) is 1. The highest BCUT2D eigenvalue weighted by Gasteiger charge is 2.34. The Hall–Kier alpha value is -2.51. The number of pyridine rings is 2. The van der Waals surface area contributed by atoms with E-state index in [9.17, 15) is 9.90 Å². The monoisotopic (exact) mass is 440 g/mol. The summed E-state index contributed by atoms with van der Waals surface area (Å²) < 4.78 is 11.5. The van der Waals surface area contributed by atoms with E-state index in [2.05, 4.69) is 4.98 Å². The van der Waals surface area contributed by atoms with Gasteiger partial charge in [-0.25, -0.2) is 9.78 Å². The van der Waals surface area contributed by atoms with Crippen molar-refractivity contribution in [3.8, 4) is 16.9 Å². The Bertz CT molecular complexity index is 1150. The van der Waals surface area contributed by atoms with Gasteiger partial charge in [-0.1, -0.05) is 0 Å². The summed E-state index contributed by atoms with van der Waals surface area (Å²) in [7, 11) is 1.60. The lowest BCUT2D eigenvalue weighted by Crippen LogP contribution is -2.28. The van der Waals surface area contributed by atoms with E-state index in [4.69, 9.17) is 14.5 Å². The Kier molecular flexibility index (Phi) is 5.75. The van der Waals surface area contributed by atoms with Crippen LogP contribution in [0.15, 0.2) is 18.5 Å². The highest BCUT2D eigenvalue weighted by molar-refractivity contribution is 7.19. The summed E-state index contributed by atoms with van der Waals surface area (Å²) >= 11 is 1.72. The van der Waals surface area contributed by atoms with Crippen molar-refractivity contribution in [3.63, 3.8) is 0 Å². The first-order chi connectivity index (χ1) is 14.7. The maximum absolute atomic E-state index is 12.4. The summed E-state index contributed by atoms with van der Waals surface area (Å²) in [6.07, 6.45) is 6.59. The third-order valence-electron chi connectivity index (χ3n) is 5.53. The average Bonchev–Trinajstić information content (AvgIpc) is 3.08. The second kappa shape index (κ2) is 8.20. The van der Waals surface area contributed by atoms with Crippen molar-refractivity contribution in [1.82, 2.24) is 9.97 Å². The van der Waals surface area contributed by atoms with Crippen molar-refractivity contribution < 1.29 is 19.4 Å². The maximum Gasteiger partial charge on any atom is 0.337 e. The van der Waals surface area contributed by atoms with Crippen LogP contribution in [0.1, 0.15) is 61.4 Å². The minimum absolute atomic E-state index is 0.594. The number of carbonyl (C=O) groups is 1. The fraction of sp³-hybridized carbons (Fsp3) is 0.458. The number of hydrogen-bond acceptors (Lipinski definition) is 6. The molecule has 1 N–H and O–H groups in total. The van der Waals surface area contributed by atoms with E-state index in [1.54, 1.807) is 30.8 Å². The number of rotatable bonds is 5. The lowest BCUT2D eigenvalue weighted by Gasteiger charge is -2.28. The molecule has 0 unspecified atom stereocenters. The fourth-order valence-electron chi connectivity index (χ4n) is 4.29. The number of nitrogens with zero attached hydrogens (tertiary/aromatic N) is 2. The van der Waals surface area contributed by atoms with Gasteiger partial charge in [0.1, 0.15) is 10.6 Å². The molecule has 0 fully saturated rings. The molecule has 0 saturated carbocycles. The molecule has 0 aromatic carbocycles. The van der Waals surface area contributed by atoms with Crippen molar-refractivity contribution in [2.24, 2.45) is 0 Å². The molecule has 3 heterocycles. The van der Waals surface area contributed by atoms with E-state index in [-0.39, 0.29) is 0 Å². The lowest BCUT2D eigenvalue weighted by molar-refractivity contribution is -0.160. The van der Waals surface area contributed by atoms with Crippen LogP contribution >= 0.6 is 11.3 Å². The highest BCUT2D eigenvalue weighted by Crippen LogP contribution is 2.46. The number of aliphatic carboxylic acids is 1. The van der Waals surface area contributed by atoms with Crippen molar-refractivity contribution in [1.29, 1.82) is 0 Å². The molecule has 0 aliphatic heterocycles. The zero-order valence-electron chi connectivity index (χ0n) is 18.6. The minimum Gasteiger partial charge on any atom is -0.495 e. The van der Waals surface area contributed by atoms with E-state index in [0.717, 1.165) is 40.6 Å². The Labute approximate surface area is 186 Å².